The molecule has 128 valence electrons. The lowest BCUT2D eigenvalue weighted by Crippen LogP contribution is -2.12. The van der Waals surface area contributed by atoms with Gasteiger partial charge in [-0.15, -0.1) is 0 Å². The van der Waals surface area contributed by atoms with Crippen LogP contribution in [0.3, 0.4) is 0 Å². The lowest BCUT2D eigenvalue weighted by Gasteiger charge is -2.08. The van der Waals surface area contributed by atoms with Gasteiger partial charge in [-0.1, -0.05) is 53.6 Å². The summed E-state index contributed by atoms with van der Waals surface area (Å²) in [7, 11) is 0. The average Bonchev–Trinajstić information content (AvgIpc) is 2.80. The van der Waals surface area contributed by atoms with Gasteiger partial charge in [0.15, 0.2) is 0 Å². The molecular weight excluding hydrogens is 330 g/mol. The van der Waals surface area contributed by atoms with Gasteiger partial charge in [-0.2, -0.15) is 5.10 Å². The van der Waals surface area contributed by atoms with Gasteiger partial charge in [0.25, 0.3) is 0 Å². The third-order valence-corrected chi connectivity index (χ3v) is 5.06. The Kier molecular flexibility index (Phi) is 4.60. The van der Waals surface area contributed by atoms with Crippen molar-refractivity contribution in [2.45, 2.75) is 32.9 Å². The smallest absolute Gasteiger partial charge is 0.0971 e. The van der Waals surface area contributed by atoms with E-state index in [0.717, 1.165) is 48.8 Å². The number of rotatable bonds is 3. The first-order chi connectivity index (χ1) is 12.2. The lowest BCUT2D eigenvalue weighted by molar-refractivity contribution is 0.626. The standard InChI is InChI=1S/C21H22ClN3/c1-15-4-6-16(7-5-15)14-25-20-3-2-12-23-13-19(20)21(24-25)17-8-10-18(22)11-9-17/h4-11,23H,2-3,12-14H2,1H3. The van der Waals surface area contributed by atoms with Crippen LogP contribution < -0.4 is 5.32 Å². The first kappa shape index (κ1) is 16.4. The van der Waals surface area contributed by atoms with Gasteiger partial charge in [0.1, 0.15) is 0 Å². The minimum atomic E-state index is 0.757. The highest BCUT2D eigenvalue weighted by molar-refractivity contribution is 6.30. The van der Waals surface area contributed by atoms with Crippen molar-refractivity contribution in [3.05, 3.63) is 75.9 Å². The summed E-state index contributed by atoms with van der Waals surface area (Å²) in [6.07, 6.45) is 2.21. The van der Waals surface area contributed by atoms with Crippen molar-refractivity contribution in [1.29, 1.82) is 0 Å². The van der Waals surface area contributed by atoms with Crippen LogP contribution in [0.1, 0.15) is 28.8 Å². The maximum Gasteiger partial charge on any atom is 0.0971 e. The van der Waals surface area contributed by atoms with E-state index in [1.54, 1.807) is 0 Å². The van der Waals surface area contributed by atoms with Crippen molar-refractivity contribution in [1.82, 2.24) is 15.1 Å². The molecule has 2 heterocycles. The Bertz CT molecular complexity index is 863. The Morgan fingerprint density at radius 3 is 2.60 bits per heavy atom. The predicted molar refractivity (Wildman–Crippen MR) is 103 cm³/mol. The number of nitrogens with one attached hydrogen (secondary N) is 1. The highest BCUT2D eigenvalue weighted by Gasteiger charge is 2.20. The summed E-state index contributed by atoms with van der Waals surface area (Å²) in [5.74, 6) is 0. The molecule has 2 aromatic carbocycles. The van der Waals surface area contributed by atoms with Crippen LogP contribution in [0.2, 0.25) is 5.02 Å². The highest BCUT2D eigenvalue weighted by Crippen LogP contribution is 2.29. The summed E-state index contributed by atoms with van der Waals surface area (Å²) in [6, 6.07) is 16.7. The first-order valence-corrected chi connectivity index (χ1v) is 9.19. The quantitative estimate of drug-likeness (QED) is 0.747. The maximum atomic E-state index is 6.06. The molecule has 4 rings (SSSR count). The van der Waals surface area contributed by atoms with Crippen molar-refractivity contribution in [2.24, 2.45) is 0 Å². The summed E-state index contributed by atoms with van der Waals surface area (Å²) < 4.78 is 2.19. The molecule has 3 aromatic rings. The molecule has 0 amide bonds. The van der Waals surface area contributed by atoms with Gasteiger partial charge in [0.2, 0.25) is 0 Å². The molecule has 0 atom stereocenters. The number of nitrogens with zero attached hydrogens (tertiary/aromatic N) is 2. The van der Waals surface area contributed by atoms with Crippen LogP contribution in [0, 0.1) is 6.92 Å². The average molecular weight is 352 g/mol. The van der Waals surface area contributed by atoms with Gasteiger partial charge in [-0.3, -0.25) is 4.68 Å². The van der Waals surface area contributed by atoms with Gasteiger partial charge in [0, 0.05) is 28.4 Å². The monoisotopic (exact) mass is 351 g/mol. The fourth-order valence-corrected chi connectivity index (χ4v) is 3.56. The third-order valence-electron chi connectivity index (χ3n) is 4.81. The molecule has 1 N–H and O–H groups in total. The van der Waals surface area contributed by atoms with Crippen LogP contribution in [-0.2, 0) is 19.5 Å². The second kappa shape index (κ2) is 7.03. The minimum absolute atomic E-state index is 0.757. The Hall–Kier alpha value is -2.10. The van der Waals surface area contributed by atoms with Crippen molar-refractivity contribution in [3.8, 4) is 11.3 Å². The van der Waals surface area contributed by atoms with Crippen molar-refractivity contribution in [2.75, 3.05) is 6.54 Å². The van der Waals surface area contributed by atoms with Gasteiger partial charge < -0.3 is 5.32 Å². The summed E-state index contributed by atoms with van der Waals surface area (Å²) in [5.41, 5.74) is 7.47. The van der Waals surface area contributed by atoms with Crippen LogP contribution in [0.15, 0.2) is 48.5 Å². The number of hydrogen-bond acceptors (Lipinski definition) is 2. The van der Waals surface area contributed by atoms with E-state index in [1.807, 2.05) is 12.1 Å². The first-order valence-electron chi connectivity index (χ1n) is 8.81. The SMILES string of the molecule is Cc1ccc(Cn2nc(-c3ccc(Cl)cc3)c3c2CCCNC3)cc1. The van der Waals surface area contributed by atoms with E-state index in [-0.39, 0.29) is 0 Å². The highest BCUT2D eigenvalue weighted by atomic mass is 35.5. The molecule has 1 aliphatic heterocycles. The summed E-state index contributed by atoms with van der Waals surface area (Å²) >= 11 is 6.06. The second-order valence-corrected chi connectivity index (χ2v) is 7.14. The molecule has 3 nitrogen and oxygen atoms in total. The lowest BCUT2D eigenvalue weighted by atomic mass is 10.0. The zero-order valence-corrected chi connectivity index (χ0v) is 15.2. The van der Waals surface area contributed by atoms with E-state index in [0.29, 0.717) is 0 Å². The fraction of sp³-hybridized carbons (Fsp3) is 0.286. The summed E-state index contributed by atoms with van der Waals surface area (Å²) in [4.78, 5) is 0. The van der Waals surface area contributed by atoms with Crippen LogP contribution in [0.4, 0.5) is 0 Å². The Balaban J connectivity index is 1.76. The molecule has 0 unspecified atom stereocenters. The largest absolute Gasteiger partial charge is 0.313 e. The molecule has 1 aromatic heterocycles. The molecule has 0 spiro atoms. The number of hydrogen-bond donors (Lipinski definition) is 1. The van der Waals surface area contributed by atoms with E-state index in [1.165, 1.54) is 22.4 Å². The molecule has 25 heavy (non-hydrogen) atoms. The van der Waals surface area contributed by atoms with E-state index < -0.39 is 0 Å². The molecule has 0 fully saturated rings. The molecule has 1 aliphatic rings. The number of aromatic nitrogens is 2. The zero-order chi connectivity index (χ0) is 17.2. The molecule has 0 saturated carbocycles. The molecule has 0 bridgehead atoms. The predicted octanol–water partition coefficient (Wildman–Crippen LogP) is 4.60. The van der Waals surface area contributed by atoms with E-state index in [2.05, 4.69) is 53.3 Å². The van der Waals surface area contributed by atoms with Crippen LogP contribution in [0.25, 0.3) is 11.3 Å². The van der Waals surface area contributed by atoms with Gasteiger partial charge in [-0.25, -0.2) is 0 Å². The Morgan fingerprint density at radius 2 is 1.84 bits per heavy atom. The summed E-state index contributed by atoms with van der Waals surface area (Å²) in [5, 5.41) is 9.27. The van der Waals surface area contributed by atoms with Gasteiger partial charge in [0.05, 0.1) is 12.2 Å². The second-order valence-electron chi connectivity index (χ2n) is 6.70. The number of aryl methyl sites for hydroxylation is 1. The molecule has 0 radical (unpaired) electrons. The van der Waals surface area contributed by atoms with Crippen molar-refractivity contribution < 1.29 is 0 Å². The van der Waals surface area contributed by atoms with E-state index >= 15 is 0 Å². The number of halogens is 1. The van der Waals surface area contributed by atoms with Crippen molar-refractivity contribution >= 4 is 11.6 Å². The fourth-order valence-electron chi connectivity index (χ4n) is 3.43. The number of benzene rings is 2. The minimum Gasteiger partial charge on any atom is -0.313 e. The summed E-state index contributed by atoms with van der Waals surface area (Å²) in [6.45, 7) is 4.87. The van der Waals surface area contributed by atoms with Crippen LogP contribution >= 0.6 is 11.6 Å². The molecule has 4 heteroatoms. The molecule has 0 saturated heterocycles. The zero-order valence-electron chi connectivity index (χ0n) is 14.4. The van der Waals surface area contributed by atoms with E-state index in [4.69, 9.17) is 16.7 Å². The normalized spacial score (nSPS) is 14.2. The van der Waals surface area contributed by atoms with Crippen LogP contribution in [-0.4, -0.2) is 16.3 Å². The maximum absolute atomic E-state index is 6.06. The van der Waals surface area contributed by atoms with Gasteiger partial charge >= 0.3 is 0 Å². The van der Waals surface area contributed by atoms with E-state index in [9.17, 15) is 0 Å². The molecular formula is C21H22ClN3. The Morgan fingerprint density at radius 1 is 1.08 bits per heavy atom. The number of fused-ring (bicyclic) bond motifs is 1. The Labute approximate surface area is 153 Å². The van der Waals surface area contributed by atoms with Crippen LogP contribution in [0.5, 0.6) is 0 Å². The third kappa shape index (κ3) is 3.48. The molecule has 0 aliphatic carbocycles. The topological polar surface area (TPSA) is 29.9 Å². The van der Waals surface area contributed by atoms with Gasteiger partial charge in [-0.05, 0) is 44.0 Å². The van der Waals surface area contributed by atoms with Crippen molar-refractivity contribution in [3.63, 3.8) is 0 Å².